The van der Waals surface area contributed by atoms with Crippen molar-refractivity contribution in [1.29, 1.82) is 0 Å². The van der Waals surface area contributed by atoms with E-state index in [9.17, 15) is 9.59 Å². The third kappa shape index (κ3) is 7.28. The van der Waals surface area contributed by atoms with Crippen LogP contribution in [0.4, 0.5) is 0 Å². The van der Waals surface area contributed by atoms with Crippen LogP contribution in [0.25, 0.3) is 0 Å². The molecule has 5 nitrogen and oxygen atoms in total. The summed E-state index contributed by atoms with van der Waals surface area (Å²) in [6.07, 6.45) is 2.02. The predicted octanol–water partition coefficient (Wildman–Crippen LogP) is 2.99. The van der Waals surface area contributed by atoms with Crippen LogP contribution in [-0.2, 0) is 14.5 Å². The molecule has 0 aromatic heterocycles. The van der Waals surface area contributed by atoms with Crippen LogP contribution in [0.2, 0.25) is 0 Å². The molecule has 0 fully saturated rings. The van der Waals surface area contributed by atoms with E-state index >= 15 is 0 Å². The van der Waals surface area contributed by atoms with Gasteiger partial charge in [-0.25, -0.2) is 4.89 Å². The number of carbonyl (C=O) groups is 2. The lowest BCUT2D eigenvalue weighted by Gasteiger charge is -2.29. The maximum Gasteiger partial charge on any atom is 0.306 e. The predicted molar refractivity (Wildman–Crippen MR) is 71.8 cm³/mol. The average molecular weight is 274 g/mol. The van der Waals surface area contributed by atoms with Crippen LogP contribution in [0.1, 0.15) is 53.4 Å². The minimum absolute atomic E-state index is 0.103. The highest BCUT2D eigenvalue weighted by molar-refractivity contribution is 5.81. The number of rotatable bonds is 10. The molecule has 0 saturated carbocycles. The molecule has 2 unspecified atom stereocenters. The molecule has 2 atom stereocenters. The van der Waals surface area contributed by atoms with Gasteiger partial charge in [-0.05, 0) is 24.7 Å². The van der Waals surface area contributed by atoms with Crippen molar-refractivity contribution in [3.05, 3.63) is 0 Å². The van der Waals surface area contributed by atoms with Gasteiger partial charge in [-0.2, -0.15) is 0 Å². The SMILES string of the molecule is CCC(=O)C(CC(C)C(=O)O)CC(C)(C)CCOO. The highest BCUT2D eigenvalue weighted by atomic mass is 17.1. The summed E-state index contributed by atoms with van der Waals surface area (Å²) in [5.74, 6) is -1.54. The van der Waals surface area contributed by atoms with E-state index in [-0.39, 0.29) is 23.7 Å². The number of ketones is 1. The first-order valence-electron chi connectivity index (χ1n) is 6.75. The van der Waals surface area contributed by atoms with E-state index < -0.39 is 11.9 Å². The molecule has 0 aromatic carbocycles. The maximum atomic E-state index is 11.9. The molecule has 0 rings (SSSR count). The van der Waals surface area contributed by atoms with Crippen molar-refractivity contribution in [3.63, 3.8) is 0 Å². The summed E-state index contributed by atoms with van der Waals surface area (Å²) >= 11 is 0. The monoisotopic (exact) mass is 274 g/mol. The smallest absolute Gasteiger partial charge is 0.306 e. The Bertz CT molecular complexity index is 298. The van der Waals surface area contributed by atoms with Crippen LogP contribution >= 0.6 is 0 Å². The van der Waals surface area contributed by atoms with Gasteiger partial charge in [-0.3, -0.25) is 14.8 Å². The van der Waals surface area contributed by atoms with Gasteiger partial charge in [0.25, 0.3) is 0 Å². The standard InChI is InChI=1S/C14H26O5/c1-5-12(15)11(8-10(2)13(16)17)9-14(3,4)6-7-19-18/h10-11,18H,5-9H2,1-4H3,(H,16,17). The van der Waals surface area contributed by atoms with Gasteiger partial charge in [0.05, 0.1) is 12.5 Å². The molecule has 0 spiro atoms. The van der Waals surface area contributed by atoms with Gasteiger partial charge in [0.15, 0.2) is 0 Å². The van der Waals surface area contributed by atoms with Crippen LogP contribution in [-0.4, -0.2) is 28.7 Å². The Balaban J connectivity index is 4.67. The van der Waals surface area contributed by atoms with Gasteiger partial charge in [0.1, 0.15) is 5.78 Å². The van der Waals surface area contributed by atoms with Crippen LogP contribution in [0.5, 0.6) is 0 Å². The fraction of sp³-hybridized carbons (Fsp3) is 0.857. The average Bonchev–Trinajstić information content (AvgIpc) is 2.34. The van der Waals surface area contributed by atoms with E-state index in [4.69, 9.17) is 10.4 Å². The number of Topliss-reactive ketones (excluding diaryl/α,β-unsaturated/α-hetero) is 1. The van der Waals surface area contributed by atoms with E-state index in [2.05, 4.69) is 4.89 Å². The summed E-state index contributed by atoms with van der Waals surface area (Å²) in [5, 5.41) is 17.4. The second kappa shape index (κ2) is 8.27. The summed E-state index contributed by atoms with van der Waals surface area (Å²) in [5.41, 5.74) is -0.170. The lowest BCUT2D eigenvalue weighted by atomic mass is 9.75. The third-order valence-electron chi connectivity index (χ3n) is 3.53. The lowest BCUT2D eigenvalue weighted by molar-refractivity contribution is -0.246. The first kappa shape index (κ1) is 18.1. The minimum atomic E-state index is -0.870. The van der Waals surface area contributed by atoms with Crippen LogP contribution in [0.15, 0.2) is 0 Å². The third-order valence-corrected chi connectivity index (χ3v) is 3.53. The summed E-state index contributed by atoms with van der Waals surface area (Å²) in [6, 6.07) is 0. The first-order valence-corrected chi connectivity index (χ1v) is 6.75. The molecule has 112 valence electrons. The molecule has 0 heterocycles. The Labute approximate surface area is 114 Å². The molecule has 0 amide bonds. The quantitative estimate of drug-likeness (QED) is 0.472. The molecule has 19 heavy (non-hydrogen) atoms. The topological polar surface area (TPSA) is 83.8 Å². The second-order valence-electron chi connectivity index (χ2n) is 5.94. The van der Waals surface area contributed by atoms with E-state index in [0.717, 1.165) is 0 Å². The van der Waals surface area contributed by atoms with Crippen molar-refractivity contribution >= 4 is 11.8 Å². The summed E-state index contributed by atoms with van der Waals surface area (Å²) < 4.78 is 0. The highest BCUT2D eigenvalue weighted by Gasteiger charge is 2.29. The van der Waals surface area contributed by atoms with Crippen LogP contribution < -0.4 is 0 Å². The molecule has 2 N–H and O–H groups in total. The second-order valence-corrected chi connectivity index (χ2v) is 5.94. The Morgan fingerprint density at radius 1 is 1.32 bits per heavy atom. The molecule has 0 radical (unpaired) electrons. The van der Waals surface area contributed by atoms with Crippen molar-refractivity contribution in [3.8, 4) is 0 Å². The number of hydrogen-bond donors (Lipinski definition) is 2. The molecule has 0 saturated heterocycles. The van der Waals surface area contributed by atoms with Crippen LogP contribution in [0, 0.1) is 17.3 Å². The van der Waals surface area contributed by atoms with Gasteiger partial charge < -0.3 is 5.11 Å². The van der Waals surface area contributed by atoms with Crippen molar-refractivity contribution in [2.45, 2.75) is 53.4 Å². The fourth-order valence-electron chi connectivity index (χ4n) is 2.24. The molecular weight excluding hydrogens is 248 g/mol. The zero-order valence-electron chi connectivity index (χ0n) is 12.3. The van der Waals surface area contributed by atoms with E-state index in [1.54, 1.807) is 13.8 Å². The van der Waals surface area contributed by atoms with Gasteiger partial charge in [0.2, 0.25) is 0 Å². The van der Waals surface area contributed by atoms with Crippen molar-refractivity contribution in [1.82, 2.24) is 0 Å². The number of carboxylic acids is 1. The Kier molecular flexibility index (Phi) is 7.87. The fourth-order valence-corrected chi connectivity index (χ4v) is 2.24. The molecule has 0 aliphatic heterocycles. The maximum absolute atomic E-state index is 11.9. The van der Waals surface area contributed by atoms with Crippen molar-refractivity contribution in [2.75, 3.05) is 6.61 Å². The first-order chi connectivity index (χ1) is 8.73. The summed E-state index contributed by atoms with van der Waals surface area (Å²) in [7, 11) is 0. The Hall–Kier alpha value is -0.940. The minimum Gasteiger partial charge on any atom is -0.481 e. The summed E-state index contributed by atoms with van der Waals surface area (Å²) in [6.45, 7) is 7.63. The molecule has 0 aromatic rings. The number of aliphatic carboxylic acids is 1. The Morgan fingerprint density at radius 2 is 1.89 bits per heavy atom. The van der Waals surface area contributed by atoms with E-state index in [1.807, 2.05) is 13.8 Å². The lowest BCUT2D eigenvalue weighted by Crippen LogP contribution is -2.27. The van der Waals surface area contributed by atoms with Crippen LogP contribution in [0.3, 0.4) is 0 Å². The van der Waals surface area contributed by atoms with Gasteiger partial charge in [-0.1, -0.05) is 27.7 Å². The van der Waals surface area contributed by atoms with Crippen molar-refractivity contribution in [2.24, 2.45) is 17.3 Å². The zero-order chi connectivity index (χ0) is 15.1. The molecule has 5 heteroatoms. The number of hydrogen-bond acceptors (Lipinski definition) is 4. The molecular formula is C14H26O5. The zero-order valence-corrected chi connectivity index (χ0v) is 12.3. The highest BCUT2D eigenvalue weighted by Crippen LogP contribution is 2.33. The van der Waals surface area contributed by atoms with Crippen molar-refractivity contribution < 1.29 is 24.8 Å². The molecule has 0 aliphatic rings. The van der Waals surface area contributed by atoms with E-state index in [0.29, 0.717) is 25.7 Å². The largest absolute Gasteiger partial charge is 0.481 e. The summed E-state index contributed by atoms with van der Waals surface area (Å²) in [4.78, 5) is 27.0. The molecule has 0 aliphatic carbocycles. The number of carboxylic acid groups (broad SMARTS) is 1. The normalized spacial score (nSPS) is 15.0. The number of carbonyl (C=O) groups excluding carboxylic acids is 1. The Morgan fingerprint density at radius 3 is 2.32 bits per heavy atom. The van der Waals surface area contributed by atoms with E-state index in [1.165, 1.54) is 0 Å². The van der Waals surface area contributed by atoms with Gasteiger partial charge in [-0.15, -0.1) is 0 Å². The van der Waals surface area contributed by atoms with Gasteiger partial charge >= 0.3 is 5.97 Å². The van der Waals surface area contributed by atoms with Gasteiger partial charge in [0, 0.05) is 12.3 Å². The molecule has 0 bridgehead atoms.